The number of aromatic hydroxyl groups is 1. The second-order valence-corrected chi connectivity index (χ2v) is 5.86. The molecular weight excluding hydrogens is 316 g/mol. The number of carbonyl (C=O) groups excluding carboxylic acids is 1. The summed E-state index contributed by atoms with van der Waals surface area (Å²) in [6.45, 7) is 1.58. The van der Waals surface area contributed by atoms with Gasteiger partial charge in [0.05, 0.1) is 24.6 Å². The van der Waals surface area contributed by atoms with Crippen molar-refractivity contribution >= 4 is 17.5 Å². The van der Waals surface area contributed by atoms with Gasteiger partial charge in [-0.15, -0.1) is 0 Å². The maximum atomic E-state index is 12.5. The molecule has 1 N–H and O–H groups in total. The average Bonchev–Trinajstić information content (AvgIpc) is 2.59. The van der Waals surface area contributed by atoms with Crippen LogP contribution in [0.3, 0.4) is 0 Å². The van der Waals surface area contributed by atoms with Crippen molar-refractivity contribution in [2.24, 2.45) is 0 Å². The minimum absolute atomic E-state index is 0.0175. The van der Waals surface area contributed by atoms with Gasteiger partial charge in [0.15, 0.2) is 0 Å². The first kappa shape index (κ1) is 15.8. The van der Waals surface area contributed by atoms with Crippen LogP contribution in [0.4, 0.5) is 0 Å². The molecule has 1 aromatic carbocycles. The summed E-state index contributed by atoms with van der Waals surface area (Å²) in [4.78, 5) is 18.4. The van der Waals surface area contributed by atoms with Crippen molar-refractivity contribution < 1.29 is 14.6 Å². The number of rotatable bonds is 3. The van der Waals surface area contributed by atoms with Crippen molar-refractivity contribution in [2.75, 3.05) is 19.7 Å². The van der Waals surface area contributed by atoms with Crippen molar-refractivity contribution in [3.63, 3.8) is 0 Å². The topological polar surface area (TPSA) is 62.7 Å². The minimum atomic E-state index is -0.148. The molecule has 1 aliphatic heterocycles. The smallest absolute Gasteiger partial charge is 0.227 e. The van der Waals surface area contributed by atoms with Crippen LogP contribution in [0.5, 0.6) is 5.75 Å². The van der Waals surface area contributed by atoms with E-state index in [1.165, 1.54) is 6.07 Å². The Bertz CT molecular complexity index is 693. The van der Waals surface area contributed by atoms with Gasteiger partial charge in [0.2, 0.25) is 5.91 Å². The number of amides is 1. The fourth-order valence-electron chi connectivity index (χ4n) is 2.59. The molecule has 1 fully saturated rings. The molecule has 120 valence electrons. The van der Waals surface area contributed by atoms with E-state index in [0.717, 1.165) is 11.1 Å². The third-order valence-corrected chi connectivity index (χ3v) is 4.15. The number of morpholine rings is 1. The zero-order valence-electron chi connectivity index (χ0n) is 12.5. The molecule has 0 aliphatic carbocycles. The third-order valence-electron chi connectivity index (χ3n) is 3.84. The highest BCUT2D eigenvalue weighted by atomic mass is 35.5. The largest absolute Gasteiger partial charge is 0.506 e. The number of phenols is 1. The molecule has 0 bridgehead atoms. The molecule has 1 aliphatic rings. The van der Waals surface area contributed by atoms with Crippen LogP contribution in [-0.4, -0.2) is 40.6 Å². The lowest BCUT2D eigenvalue weighted by atomic mass is 10.1. The molecule has 0 radical (unpaired) electrons. The molecule has 0 spiro atoms. The normalized spacial score (nSPS) is 18.0. The van der Waals surface area contributed by atoms with Crippen LogP contribution in [-0.2, 0) is 16.0 Å². The highest BCUT2D eigenvalue weighted by molar-refractivity contribution is 6.32. The van der Waals surface area contributed by atoms with Gasteiger partial charge < -0.3 is 14.7 Å². The number of benzene rings is 1. The number of nitrogens with zero attached hydrogens (tertiary/aromatic N) is 2. The fourth-order valence-corrected chi connectivity index (χ4v) is 2.79. The van der Waals surface area contributed by atoms with Crippen molar-refractivity contribution in [1.82, 2.24) is 9.88 Å². The van der Waals surface area contributed by atoms with E-state index in [4.69, 9.17) is 16.3 Å². The average molecular weight is 333 g/mol. The number of carbonyl (C=O) groups is 1. The first-order valence-electron chi connectivity index (χ1n) is 7.40. The van der Waals surface area contributed by atoms with Crippen molar-refractivity contribution in [1.29, 1.82) is 0 Å². The Morgan fingerprint density at radius 1 is 1.43 bits per heavy atom. The van der Waals surface area contributed by atoms with E-state index >= 15 is 0 Å². The number of halogens is 1. The molecule has 1 saturated heterocycles. The summed E-state index contributed by atoms with van der Waals surface area (Å²) in [7, 11) is 0. The van der Waals surface area contributed by atoms with Gasteiger partial charge in [0.1, 0.15) is 11.9 Å². The third kappa shape index (κ3) is 3.81. The summed E-state index contributed by atoms with van der Waals surface area (Å²) in [6, 6.07) is 8.64. The predicted octanol–water partition coefficient (Wildman–Crippen LogP) is 2.58. The second-order valence-electron chi connectivity index (χ2n) is 5.45. The standard InChI is InChI=1S/C17H17ClN2O3/c18-14-8-12(3-4-15(14)21)9-17(22)20-6-7-23-16(11-20)13-2-1-5-19-10-13/h1-5,8,10,16,21H,6-7,9,11H2. The molecule has 2 aromatic rings. The summed E-state index contributed by atoms with van der Waals surface area (Å²) < 4.78 is 5.74. The SMILES string of the molecule is O=C(Cc1ccc(O)c(Cl)c1)N1CCOC(c2cccnc2)C1. The molecule has 1 unspecified atom stereocenters. The van der Waals surface area contributed by atoms with Crippen LogP contribution in [0, 0.1) is 0 Å². The quantitative estimate of drug-likeness (QED) is 0.938. The van der Waals surface area contributed by atoms with Gasteiger partial charge in [-0.25, -0.2) is 0 Å². The maximum absolute atomic E-state index is 12.5. The second kappa shape index (κ2) is 6.98. The first-order chi connectivity index (χ1) is 11.1. The van der Waals surface area contributed by atoms with E-state index < -0.39 is 0 Å². The molecule has 2 heterocycles. The molecular formula is C17H17ClN2O3. The zero-order chi connectivity index (χ0) is 16.2. The molecule has 1 amide bonds. The fraction of sp³-hybridized carbons (Fsp3) is 0.294. The molecule has 1 aromatic heterocycles. The van der Waals surface area contributed by atoms with E-state index in [0.29, 0.717) is 19.7 Å². The first-order valence-corrected chi connectivity index (χ1v) is 7.78. The molecule has 5 nitrogen and oxygen atoms in total. The van der Waals surface area contributed by atoms with Gasteiger partial charge in [0.25, 0.3) is 0 Å². The van der Waals surface area contributed by atoms with Crippen LogP contribution in [0.2, 0.25) is 5.02 Å². The van der Waals surface area contributed by atoms with Crippen molar-refractivity contribution in [3.05, 3.63) is 58.9 Å². The van der Waals surface area contributed by atoms with E-state index in [1.807, 2.05) is 12.1 Å². The molecule has 23 heavy (non-hydrogen) atoms. The summed E-state index contributed by atoms with van der Waals surface area (Å²) in [5, 5.41) is 9.69. The van der Waals surface area contributed by atoms with Gasteiger partial charge in [-0.1, -0.05) is 23.7 Å². The highest BCUT2D eigenvalue weighted by Crippen LogP contribution is 2.25. The number of aromatic nitrogens is 1. The van der Waals surface area contributed by atoms with Crippen LogP contribution in [0.15, 0.2) is 42.7 Å². The lowest BCUT2D eigenvalue weighted by molar-refractivity contribution is -0.138. The number of hydrogen-bond acceptors (Lipinski definition) is 4. The lowest BCUT2D eigenvalue weighted by Gasteiger charge is -2.33. The van der Waals surface area contributed by atoms with Crippen molar-refractivity contribution in [3.8, 4) is 5.75 Å². The van der Waals surface area contributed by atoms with E-state index in [1.54, 1.807) is 29.4 Å². The van der Waals surface area contributed by atoms with Crippen LogP contribution < -0.4 is 0 Å². The summed E-state index contributed by atoms with van der Waals surface area (Å²) in [5.41, 5.74) is 1.75. The highest BCUT2D eigenvalue weighted by Gasteiger charge is 2.25. The number of phenolic OH excluding ortho intramolecular Hbond substituents is 1. The maximum Gasteiger partial charge on any atom is 0.227 e. The van der Waals surface area contributed by atoms with Crippen LogP contribution >= 0.6 is 11.6 Å². The zero-order valence-corrected chi connectivity index (χ0v) is 13.2. The Hall–Kier alpha value is -2.11. The lowest BCUT2D eigenvalue weighted by Crippen LogP contribution is -2.43. The van der Waals surface area contributed by atoms with E-state index in [9.17, 15) is 9.90 Å². The Morgan fingerprint density at radius 2 is 2.30 bits per heavy atom. The van der Waals surface area contributed by atoms with Crippen molar-refractivity contribution in [2.45, 2.75) is 12.5 Å². The Kier molecular flexibility index (Phi) is 4.79. The van der Waals surface area contributed by atoms with E-state index in [-0.39, 0.29) is 29.2 Å². The summed E-state index contributed by atoms with van der Waals surface area (Å²) >= 11 is 5.88. The van der Waals surface area contributed by atoms with Gasteiger partial charge in [-0.3, -0.25) is 9.78 Å². The van der Waals surface area contributed by atoms with Gasteiger partial charge >= 0.3 is 0 Å². The number of hydrogen-bond donors (Lipinski definition) is 1. The van der Waals surface area contributed by atoms with Crippen LogP contribution in [0.1, 0.15) is 17.2 Å². The Labute approximate surface area is 139 Å². The molecule has 6 heteroatoms. The number of ether oxygens (including phenoxy) is 1. The van der Waals surface area contributed by atoms with Crippen LogP contribution in [0.25, 0.3) is 0 Å². The van der Waals surface area contributed by atoms with Gasteiger partial charge in [0, 0.05) is 24.5 Å². The predicted molar refractivity (Wildman–Crippen MR) is 86.3 cm³/mol. The molecule has 3 rings (SSSR count). The monoisotopic (exact) mass is 332 g/mol. The summed E-state index contributed by atoms with van der Waals surface area (Å²) in [5.74, 6) is 0.0369. The summed E-state index contributed by atoms with van der Waals surface area (Å²) in [6.07, 6.45) is 3.58. The minimum Gasteiger partial charge on any atom is -0.506 e. The van der Waals surface area contributed by atoms with Gasteiger partial charge in [-0.2, -0.15) is 0 Å². The number of pyridine rings is 1. The van der Waals surface area contributed by atoms with E-state index in [2.05, 4.69) is 4.98 Å². The Morgan fingerprint density at radius 3 is 3.04 bits per heavy atom. The molecule has 1 atom stereocenters. The van der Waals surface area contributed by atoms with Gasteiger partial charge in [-0.05, 0) is 23.8 Å². The Balaban J connectivity index is 1.66. The molecule has 0 saturated carbocycles.